The molecule has 13 rings (SSSR count). The topological polar surface area (TPSA) is 6.48 Å². The van der Waals surface area contributed by atoms with Gasteiger partial charge in [0.25, 0.3) is 0 Å². The minimum atomic E-state index is 1.12. The number of fused-ring (bicyclic) bond motifs is 14. The minimum absolute atomic E-state index is 1.12. The van der Waals surface area contributed by atoms with Crippen molar-refractivity contribution in [2.45, 2.75) is 0 Å². The maximum atomic E-state index is 2.47. The Morgan fingerprint density at radius 1 is 0.156 bits per heavy atom. The fraction of sp³-hybridized carbons (Fsp3) is 0. The largest absolute Gasteiger partial charge is 0.310 e. The lowest BCUT2D eigenvalue weighted by molar-refractivity contribution is 1.29. The van der Waals surface area contributed by atoms with Gasteiger partial charge in [-0.1, -0.05) is 158 Å². The number of rotatable bonds is 6. The van der Waals surface area contributed by atoms with Gasteiger partial charge in [-0.15, -0.1) is 0 Å². The van der Waals surface area contributed by atoms with Gasteiger partial charge in [-0.2, -0.15) is 0 Å². The molecule has 2 heteroatoms. The Labute approximate surface area is 371 Å². The highest BCUT2D eigenvalue weighted by Gasteiger charge is 2.20. The van der Waals surface area contributed by atoms with Gasteiger partial charge in [-0.05, 0) is 171 Å². The number of benzene rings is 13. The van der Waals surface area contributed by atoms with Gasteiger partial charge < -0.3 is 9.80 Å². The van der Waals surface area contributed by atoms with E-state index in [0.717, 1.165) is 34.1 Å². The molecule has 0 saturated heterocycles. The first kappa shape index (κ1) is 36.2. The molecule has 0 saturated carbocycles. The van der Waals surface area contributed by atoms with Crippen LogP contribution in [0.15, 0.2) is 243 Å². The van der Waals surface area contributed by atoms with E-state index >= 15 is 0 Å². The van der Waals surface area contributed by atoms with Crippen molar-refractivity contribution >= 4 is 120 Å². The van der Waals surface area contributed by atoms with Gasteiger partial charge in [-0.25, -0.2) is 0 Å². The van der Waals surface area contributed by atoms with Crippen LogP contribution in [0.1, 0.15) is 0 Å². The summed E-state index contributed by atoms with van der Waals surface area (Å²) in [6.45, 7) is 0. The molecule has 0 aliphatic heterocycles. The molecule has 0 fully saturated rings. The second-order valence-electron chi connectivity index (χ2n) is 16.9. The molecule has 2 nitrogen and oxygen atoms in total. The lowest BCUT2D eigenvalue weighted by atomic mass is 9.88. The summed E-state index contributed by atoms with van der Waals surface area (Å²) in [6, 6.07) is 89.2. The summed E-state index contributed by atoms with van der Waals surface area (Å²) < 4.78 is 0. The molecule has 0 spiro atoms. The molecule has 0 heterocycles. The predicted molar refractivity (Wildman–Crippen MR) is 276 cm³/mol. The Balaban J connectivity index is 1.05. The zero-order valence-corrected chi connectivity index (χ0v) is 35.0. The van der Waals surface area contributed by atoms with E-state index in [1.807, 2.05) is 0 Å². The average molecular weight is 813 g/mol. The Kier molecular flexibility index (Phi) is 8.25. The lowest BCUT2D eigenvalue weighted by Gasteiger charge is -2.27. The molecule has 0 bridgehead atoms. The number of hydrogen-bond acceptors (Lipinski definition) is 2. The van der Waals surface area contributed by atoms with Gasteiger partial charge in [0.15, 0.2) is 0 Å². The van der Waals surface area contributed by atoms with Gasteiger partial charge in [0.1, 0.15) is 0 Å². The molecule has 64 heavy (non-hydrogen) atoms. The summed E-state index contributed by atoms with van der Waals surface area (Å²) in [5.41, 5.74) is 6.76. The fourth-order valence-corrected chi connectivity index (χ4v) is 10.3. The van der Waals surface area contributed by atoms with Crippen LogP contribution in [0.3, 0.4) is 0 Å². The SMILES string of the molecule is c1ccc(N(c2ccccc2)c2ccc3c(c2)c2ccccc2c2cc4c5ccc(N(c6ccc7ccccc7c6)c6ccc7ccccc7c6)cc5c5ccccc5c4cc32)cc1. The predicted octanol–water partition coefficient (Wildman–Crippen LogP) is 17.9. The van der Waals surface area contributed by atoms with Crippen molar-refractivity contribution in [3.05, 3.63) is 243 Å². The van der Waals surface area contributed by atoms with Crippen LogP contribution in [0.2, 0.25) is 0 Å². The molecular weight excluding hydrogens is 773 g/mol. The van der Waals surface area contributed by atoms with Crippen molar-refractivity contribution in [2.75, 3.05) is 9.80 Å². The second-order valence-corrected chi connectivity index (χ2v) is 16.9. The summed E-state index contributed by atoms with van der Waals surface area (Å²) >= 11 is 0. The van der Waals surface area contributed by atoms with E-state index in [1.165, 1.54) is 86.2 Å². The fourth-order valence-electron chi connectivity index (χ4n) is 10.3. The van der Waals surface area contributed by atoms with Crippen LogP contribution < -0.4 is 9.80 Å². The smallest absolute Gasteiger partial charge is 0.0468 e. The second kappa shape index (κ2) is 14.6. The van der Waals surface area contributed by atoms with Crippen LogP contribution in [-0.4, -0.2) is 0 Å². The zero-order valence-electron chi connectivity index (χ0n) is 35.0. The molecule has 0 radical (unpaired) electrons. The first-order valence-electron chi connectivity index (χ1n) is 22.1. The van der Waals surface area contributed by atoms with E-state index in [-0.39, 0.29) is 0 Å². The first-order valence-corrected chi connectivity index (χ1v) is 22.1. The normalized spacial score (nSPS) is 11.8. The highest BCUT2D eigenvalue weighted by atomic mass is 15.1. The zero-order chi connectivity index (χ0) is 42.1. The standard InChI is InChI=1S/C62H40N2/c1-3-19-45(20-4-1)63(46-21-5-2-6-22-46)49-31-33-55-57(37-49)51-23-11-13-25-53(51)59-40-62-56-34-32-50(38-58(56)52-24-12-14-26-54(52)60(62)39-61(55)59)64(47-29-27-41-15-7-9-17-43(41)35-47)48-30-28-42-16-8-10-18-44(42)36-48/h1-40H. The Morgan fingerprint density at radius 2 is 0.438 bits per heavy atom. The van der Waals surface area contributed by atoms with E-state index < -0.39 is 0 Å². The Morgan fingerprint density at radius 3 is 0.844 bits per heavy atom. The third kappa shape index (κ3) is 5.81. The Hall–Kier alpha value is -8.46. The summed E-state index contributed by atoms with van der Waals surface area (Å²) in [4.78, 5) is 4.77. The van der Waals surface area contributed by atoms with E-state index in [4.69, 9.17) is 0 Å². The van der Waals surface area contributed by atoms with Crippen LogP contribution in [0.25, 0.3) is 86.2 Å². The van der Waals surface area contributed by atoms with Gasteiger partial charge in [0.05, 0.1) is 0 Å². The maximum absolute atomic E-state index is 2.47. The lowest BCUT2D eigenvalue weighted by Crippen LogP contribution is -2.10. The summed E-state index contributed by atoms with van der Waals surface area (Å²) in [6.07, 6.45) is 0. The highest BCUT2D eigenvalue weighted by molar-refractivity contribution is 6.33. The molecule has 0 aliphatic rings. The van der Waals surface area contributed by atoms with Gasteiger partial charge in [0, 0.05) is 34.1 Å². The van der Waals surface area contributed by atoms with Crippen molar-refractivity contribution in [1.82, 2.24) is 0 Å². The molecule has 0 N–H and O–H groups in total. The van der Waals surface area contributed by atoms with Crippen molar-refractivity contribution in [3.8, 4) is 0 Å². The van der Waals surface area contributed by atoms with E-state index in [1.54, 1.807) is 0 Å². The monoisotopic (exact) mass is 812 g/mol. The maximum Gasteiger partial charge on any atom is 0.0468 e. The molecule has 13 aromatic rings. The van der Waals surface area contributed by atoms with Crippen molar-refractivity contribution in [1.29, 1.82) is 0 Å². The minimum Gasteiger partial charge on any atom is -0.310 e. The van der Waals surface area contributed by atoms with Gasteiger partial charge >= 0.3 is 0 Å². The third-order valence-corrected chi connectivity index (χ3v) is 13.3. The van der Waals surface area contributed by atoms with E-state index in [0.29, 0.717) is 0 Å². The van der Waals surface area contributed by atoms with Crippen LogP contribution in [-0.2, 0) is 0 Å². The molecule has 298 valence electrons. The van der Waals surface area contributed by atoms with Crippen LogP contribution in [0.5, 0.6) is 0 Å². The summed E-state index contributed by atoms with van der Waals surface area (Å²) in [5.74, 6) is 0. The average Bonchev–Trinajstić information content (AvgIpc) is 3.37. The molecule has 0 atom stereocenters. The highest BCUT2D eigenvalue weighted by Crippen LogP contribution is 2.46. The van der Waals surface area contributed by atoms with Crippen molar-refractivity contribution in [2.24, 2.45) is 0 Å². The first-order chi connectivity index (χ1) is 31.7. The number of para-hydroxylation sites is 2. The molecular formula is C62H40N2. The number of anilines is 6. The molecule has 0 amide bonds. The number of nitrogens with zero attached hydrogens (tertiary/aromatic N) is 2. The quantitative estimate of drug-likeness (QED) is 0.122. The van der Waals surface area contributed by atoms with Gasteiger partial charge in [0.2, 0.25) is 0 Å². The Bertz CT molecular complexity index is 3850. The molecule has 0 unspecified atom stereocenters. The van der Waals surface area contributed by atoms with E-state index in [9.17, 15) is 0 Å². The van der Waals surface area contributed by atoms with Crippen LogP contribution in [0, 0.1) is 0 Å². The third-order valence-electron chi connectivity index (χ3n) is 13.3. The van der Waals surface area contributed by atoms with Gasteiger partial charge in [-0.3, -0.25) is 0 Å². The number of hydrogen-bond donors (Lipinski definition) is 0. The van der Waals surface area contributed by atoms with Crippen LogP contribution in [0.4, 0.5) is 34.1 Å². The molecule has 0 aliphatic carbocycles. The summed E-state index contributed by atoms with van der Waals surface area (Å²) in [7, 11) is 0. The van der Waals surface area contributed by atoms with Crippen molar-refractivity contribution in [3.63, 3.8) is 0 Å². The van der Waals surface area contributed by atoms with E-state index in [2.05, 4.69) is 252 Å². The summed E-state index contributed by atoms with van der Waals surface area (Å²) in [5, 5.41) is 19.9. The van der Waals surface area contributed by atoms with Crippen LogP contribution >= 0.6 is 0 Å². The van der Waals surface area contributed by atoms with Crippen molar-refractivity contribution < 1.29 is 0 Å². The molecule has 0 aromatic heterocycles. The molecule has 13 aromatic carbocycles.